The lowest BCUT2D eigenvalue weighted by Gasteiger charge is -2.34. The van der Waals surface area contributed by atoms with Crippen molar-refractivity contribution in [3.8, 4) is 5.75 Å². The number of aromatic nitrogens is 2. The Morgan fingerprint density at radius 2 is 1.80 bits per heavy atom. The molecular formula is C24H30ClN3O6S. The summed E-state index contributed by atoms with van der Waals surface area (Å²) in [5, 5.41) is 9.14. The van der Waals surface area contributed by atoms with Crippen molar-refractivity contribution in [1.29, 1.82) is 0 Å². The summed E-state index contributed by atoms with van der Waals surface area (Å²) in [5.74, 6) is -0.369. The lowest BCUT2D eigenvalue weighted by molar-refractivity contribution is -0.134. The van der Waals surface area contributed by atoms with Crippen LogP contribution in [0.25, 0.3) is 11.0 Å². The summed E-state index contributed by atoms with van der Waals surface area (Å²) < 4.78 is 37.9. The number of amides is 1. The van der Waals surface area contributed by atoms with Crippen LogP contribution < -0.4 is 10.2 Å². The largest absolute Gasteiger partial charge is 0.494 e. The van der Waals surface area contributed by atoms with Gasteiger partial charge in [0.25, 0.3) is 5.91 Å². The van der Waals surface area contributed by atoms with E-state index in [1.165, 1.54) is 17.6 Å². The molecule has 2 heterocycles. The van der Waals surface area contributed by atoms with Crippen molar-refractivity contribution < 1.29 is 27.9 Å². The third-order valence-electron chi connectivity index (χ3n) is 6.30. The summed E-state index contributed by atoms with van der Waals surface area (Å²) in [6, 6.07) is 14.1. The average molecular weight is 524 g/mol. The van der Waals surface area contributed by atoms with E-state index in [1.54, 1.807) is 12.1 Å². The van der Waals surface area contributed by atoms with Gasteiger partial charge < -0.3 is 14.0 Å². The molecule has 0 spiro atoms. The van der Waals surface area contributed by atoms with Gasteiger partial charge in [0.05, 0.1) is 28.9 Å². The van der Waals surface area contributed by atoms with Crippen LogP contribution in [0.1, 0.15) is 32.1 Å². The van der Waals surface area contributed by atoms with Crippen LogP contribution in [-0.4, -0.2) is 53.7 Å². The molecule has 0 saturated carbocycles. The summed E-state index contributed by atoms with van der Waals surface area (Å²) in [6.07, 6.45) is 4.68. The highest BCUT2D eigenvalue weighted by Crippen LogP contribution is 2.35. The van der Waals surface area contributed by atoms with E-state index in [0.29, 0.717) is 12.4 Å². The normalized spacial score (nSPS) is 15.3. The molecule has 9 nitrogen and oxygen atoms in total. The van der Waals surface area contributed by atoms with E-state index in [4.69, 9.17) is 14.7 Å². The number of imidazole rings is 1. The van der Waals surface area contributed by atoms with Crippen molar-refractivity contribution in [2.45, 2.75) is 48.3 Å². The Morgan fingerprint density at radius 3 is 2.51 bits per heavy atom. The summed E-state index contributed by atoms with van der Waals surface area (Å²) in [4.78, 5) is 16.7. The third-order valence-corrected chi connectivity index (χ3v) is 8.82. The van der Waals surface area contributed by atoms with Gasteiger partial charge in [-0.25, -0.2) is 18.9 Å². The Hall–Kier alpha value is -2.66. The van der Waals surface area contributed by atoms with Gasteiger partial charge >= 0.3 is 0 Å². The van der Waals surface area contributed by atoms with E-state index in [2.05, 4.69) is 15.6 Å². The molecule has 1 amide bonds. The first kappa shape index (κ1) is 26.9. The number of hydrogen-bond donors (Lipinski definition) is 2. The number of hydrogen-bond acceptors (Lipinski definition) is 7. The number of benzene rings is 2. The first-order chi connectivity index (χ1) is 16.5. The first-order valence-corrected chi connectivity index (χ1v) is 12.9. The highest BCUT2D eigenvalue weighted by molar-refractivity contribution is 7.93. The number of fused-ring (bicyclic) bond motifs is 1. The zero-order chi connectivity index (χ0) is 24.0. The van der Waals surface area contributed by atoms with Crippen LogP contribution in [0.2, 0.25) is 0 Å². The monoisotopic (exact) mass is 523 g/mol. The number of rotatable bonds is 10. The minimum absolute atomic E-state index is 0. The van der Waals surface area contributed by atoms with Gasteiger partial charge in [-0.1, -0.05) is 12.1 Å². The molecule has 0 radical (unpaired) electrons. The first-order valence-electron chi connectivity index (χ1n) is 11.4. The molecular weight excluding hydrogens is 494 g/mol. The Labute approximate surface area is 210 Å². The van der Waals surface area contributed by atoms with E-state index in [1.807, 2.05) is 24.5 Å². The summed E-state index contributed by atoms with van der Waals surface area (Å²) in [6.45, 7) is 1.67. The molecule has 0 bridgehead atoms. The second kappa shape index (κ2) is 11.9. The number of unbranched alkanes of at least 4 members (excludes halogenated alkanes) is 2. The van der Waals surface area contributed by atoms with Gasteiger partial charge in [-0.05, 0) is 68.5 Å². The van der Waals surface area contributed by atoms with Crippen molar-refractivity contribution in [2.24, 2.45) is 0 Å². The molecule has 0 aliphatic carbocycles. The topological polar surface area (TPSA) is 120 Å². The molecule has 4 rings (SSSR count). The minimum atomic E-state index is -4.04. The number of para-hydroxylation sites is 2. The number of hydroxylamine groups is 1. The van der Waals surface area contributed by atoms with Crippen LogP contribution in [0.5, 0.6) is 5.75 Å². The Kier molecular flexibility index (Phi) is 9.12. The molecule has 0 atom stereocenters. The van der Waals surface area contributed by atoms with Crippen LogP contribution in [0, 0.1) is 0 Å². The lowest BCUT2D eigenvalue weighted by atomic mass is 9.98. The molecule has 1 saturated heterocycles. The molecule has 35 heavy (non-hydrogen) atoms. The maximum Gasteiger partial charge on any atom is 0.265 e. The molecule has 0 unspecified atom stereocenters. The number of carbonyl (C=O) groups is 1. The zero-order valence-electron chi connectivity index (χ0n) is 19.3. The van der Waals surface area contributed by atoms with Gasteiger partial charge in [-0.15, -0.1) is 12.4 Å². The van der Waals surface area contributed by atoms with Gasteiger partial charge in [-0.2, -0.15) is 0 Å². The molecule has 190 valence electrons. The van der Waals surface area contributed by atoms with Crippen LogP contribution in [0.15, 0.2) is 59.8 Å². The fourth-order valence-corrected chi connectivity index (χ4v) is 6.24. The van der Waals surface area contributed by atoms with Crippen molar-refractivity contribution >= 4 is 39.2 Å². The highest BCUT2D eigenvalue weighted by Gasteiger charge is 2.52. The third kappa shape index (κ3) is 5.61. The van der Waals surface area contributed by atoms with Crippen LogP contribution in [0.4, 0.5) is 0 Å². The maximum absolute atomic E-state index is 13.3. The standard InChI is InChI=1S/C24H29N3O6S.ClH/c28-23(26-29)24(12-16-32-17-13-24)34(30,31)20-10-8-19(9-11-20)33-15-5-1-4-14-27-18-25-21-6-2-3-7-22(21)27;/h2-3,6-11,18,29H,1,4-5,12-17H2,(H,26,28);1H. The Bertz CT molecular complexity index is 1220. The number of halogens is 1. The number of aryl methyl sites for hydroxylation is 1. The van der Waals surface area contributed by atoms with E-state index < -0.39 is 20.5 Å². The molecule has 2 aromatic carbocycles. The average Bonchev–Trinajstić information content (AvgIpc) is 3.29. The number of nitrogens with one attached hydrogen (secondary N) is 1. The predicted octanol–water partition coefficient (Wildman–Crippen LogP) is 3.54. The summed E-state index contributed by atoms with van der Waals surface area (Å²) in [5.41, 5.74) is 3.65. The predicted molar refractivity (Wildman–Crippen MR) is 133 cm³/mol. The number of sulfone groups is 1. The van der Waals surface area contributed by atoms with Gasteiger partial charge in [0.1, 0.15) is 5.75 Å². The summed E-state index contributed by atoms with van der Waals surface area (Å²) >= 11 is 0. The molecule has 11 heteroatoms. The van der Waals surface area contributed by atoms with Crippen molar-refractivity contribution in [3.63, 3.8) is 0 Å². The fourth-order valence-electron chi connectivity index (χ4n) is 4.30. The van der Waals surface area contributed by atoms with Gasteiger partial charge in [0.15, 0.2) is 14.6 Å². The second-order valence-corrected chi connectivity index (χ2v) is 10.6. The lowest BCUT2D eigenvalue weighted by Crippen LogP contribution is -2.54. The molecule has 1 aromatic heterocycles. The quantitative estimate of drug-likeness (QED) is 0.237. The molecule has 1 aliphatic heterocycles. The van der Waals surface area contributed by atoms with Crippen molar-refractivity contribution in [3.05, 3.63) is 54.9 Å². The van der Waals surface area contributed by atoms with E-state index >= 15 is 0 Å². The van der Waals surface area contributed by atoms with E-state index in [-0.39, 0.29) is 43.4 Å². The second-order valence-electron chi connectivity index (χ2n) is 8.36. The van der Waals surface area contributed by atoms with Crippen molar-refractivity contribution in [1.82, 2.24) is 15.0 Å². The highest BCUT2D eigenvalue weighted by atomic mass is 35.5. The van der Waals surface area contributed by atoms with E-state index in [9.17, 15) is 13.2 Å². The molecule has 1 aliphatic rings. The number of nitrogens with zero attached hydrogens (tertiary/aromatic N) is 2. The maximum atomic E-state index is 13.3. The Balaban J connectivity index is 0.00000342. The number of ether oxygens (including phenoxy) is 2. The number of carbonyl (C=O) groups excluding carboxylic acids is 1. The Morgan fingerprint density at radius 1 is 1.09 bits per heavy atom. The minimum Gasteiger partial charge on any atom is -0.494 e. The van der Waals surface area contributed by atoms with Gasteiger partial charge in [-0.3, -0.25) is 10.0 Å². The molecule has 1 fully saturated rings. The van der Waals surface area contributed by atoms with Crippen LogP contribution >= 0.6 is 12.4 Å². The van der Waals surface area contributed by atoms with Crippen molar-refractivity contribution in [2.75, 3.05) is 19.8 Å². The van der Waals surface area contributed by atoms with Crippen LogP contribution in [0.3, 0.4) is 0 Å². The smallest absolute Gasteiger partial charge is 0.265 e. The summed E-state index contributed by atoms with van der Waals surface area (Å²) in [7, 11) is -4.04. The molecule has 2 N–H and O–H groups in total. The van der Waals surface area contributed by atoms with Gasteiger partial charge in [0, 0.05) is 19.8 Å². The van der Waals surface area contributed by atoms with Gasteiger partial charge in [0.2, 0.25) is 0 Å². The SMILES string of the molecule is Cl.O=C(NO)C1(S(=O)(=O)c2ccc(OCCCCCn3cnc4ccccc43)cc2)CCOCC1. The fraction of sp³-hybridized carbons (Fsp3) is 0.417. The zero-order valence-corrected chi connectivity index (χ0v) is 20.9. The van der Waals surface area contributed by atoms with Crippen LogP contribution in [-0.2, 0) is 25.9 Å². The molecule has 3 aromatic rings. The van der Waals surface area contributed by atoms with E-state index in [0.717, 1.165) is 36.8 Å².